The van der Waals surface area contributed by atoms with Gasteiger partial charge in [0.2, 0.25) is 5.89 Å². The average molecular weight is 330 g/mol. The van der Waals surface area contributed by atoms with E-state index in [1.165, 1.54) is 0 Å². The second-order valence-corrected chi connectivity index (χ2v) is 5.06. The largest absolute Gasteiger partial charge is 0.444 e. The smallest absolute Gasteiger partial charge is 0.251 e. The Morgan fingerprint density at radius 1 is 1.50 bits per heavy atom. The number of halogens is 2. The molecule has 0 aliphatic heterocycles. The quantitative estimate of drug-likeness (QED) is 0.939. The molecule has 1 aromatic heterocycles. The Balaban J connectivity index is 2.03. The number of nitrogens with zero attached hydrogens (tertiary/aromatic N) is 1. The van der Waals surface area contributed by atoms with Gasteiger partial charge in [0.15, 0.2) is 0 Å². The molecule has 94 valence electrons. The maximum atomic E-state index is 11.9. The van der Waals surface area contributed by atoms with Gasteiger partial charge in [0.05, 0.1) is 12.7 Å². The summed E-state index contributed by atoms with van der Waals surface area (Å²) < 4.78 is 6.01. The van der Waals surface area contributed by atoms with E-state index in [9.17, 15) is 4.79 Å². The second kappa shape index (κ2) is 5.54. The number of amides is 1. The first-order chi connectivity index (χ1) is 8.54. The lowest BCUT2D eigenvalue weighted by Crippen LogP contribution is -2.22. The zero-order valence-corrected chi connectivity index (χ0v) is 11.9. The molecule has 0 aliphatic carbocycles. The van der Waals surface area contributed by atoms with E-state index in [2.05, 4.69) is 26.2 Å². The lowest BCUT2D eigenvalue weighted by molar-refractivity contribution is 0.0947. The Bertz CT molecular complexity index is 563. The highest BCUT2D eigenvalue weighted by Gasteiger charge is 2.09. The Labute approximate surface area is 117 Å². The fourth-order valence-corrected chi connectivity index (χ4v) is 2.29. The van der Waals surface area contributed by atoms with Gasteiger partial charge in [-0.3, -0.25) is 4.79 Å². The van der Waals surface area contributed by atoms with E-state index in [1.807, 2.05) is 0 Å². The number of benzene rings is 1. The van der Waals surface area contributed by atoms with E-state index in [1.54, 1.807) is 31.3 Å². The Hall–Kier alpha value is -1.33. The Morgan fingerprint density at radius 2 is 2.28 bits per heavy atom. The first-order valence-electron chi connectivity index (χ1n) is 5.20. The summed E-state index contributed by atoms with van der Waals surface area (Å²) in [7, 11) is 0. The van der Waals surface area contributed by atoms with E-state index in [4.69, 9.17) is 16.0 Å². The zero-order valence-electron chi connectivity index (χ0n) is 9.54. The number of hydrogen-bond acceptors (Lipinski definition) is 3. The molecule has 0 spiro atoms. The van der Waals surface area contributed by atoms with Crippen LogP contribution in [0.4, 0.5) is 0 Å². The topological polar surface area (TPSA) is 55.1 Å². The number of hydrogen-bond donors (Lipinski definition) is 1. The summed E-state index contributed by atoms with van der Waals surface area (Å²) in [6.45, 7) is 2.04. The van der Waals surface area contributed by atoms with Gasteiger partial charge in [-0.25, -0.2) is 4.98 Å². The second-order valence-electron chi connectivity index (χ2n) is 3.71. The SMILES string of the molecule is Cc1cnc(CNC(=O)c2cc(Cl)cc(Br)c2)o1. The Morgan fingerprint density at radius 3 is 2.89 bits per heavy atom. The molecule has 0 radical (unpaired) electrons. The summed E-state index contributed by atoms with van der Waals surface area (Å²) in [5.41, 5.74) is 0.484. The minimum Gasteiger partial charge on any atom is -0.444 e. The molecule has 0 saturated heterocycles. The normalized spacial score (nSPS) is 10.4. The van der Waals surface area contributed by atoms with E-state index < -0.39 is 0 Å². The molecule has 0 fully saturated rings. The predicted octanol–water partition coefficient (Wildman–Crippen LogP) is 3.33. The summed E-state index contributed by atoms with van der Waals surface area (Å²) in [4.78, 5) is 15.9. The molecule has 2 aromatic rings. The molecule has 1 heterocycles. The van der Waals surface area contributed by atoms with Crippen molar-refractivity contribution in [1.29, 1.82) is 0 Å². The van der Waals surface area contributed by atoms with Gasteiger partial charge in [0.1, 0.15) is 5.76 Å². The van der Waals surface area contributed by atoms with Gasteiger partial charge in [0.25, 0.3) is 5.91 Å². The molecule has 0 saturated carbocycles. The van der Waals surface area contributed by atoms with Crippen LogP contribution < -0.4 is 5.32 Å². The first-order valence-corrected chi connectivity index (χ1v) is 6.37. The molecule has 0 aliphatic rings. The predicted molar refractivity (Wildman–Crippen MR) is 71.6 cm³/mol. The van der Waals surface area contributed by atoms with Crippen LogP contribution in [0, 0.1) is 6.92 Å². The molecule has 1 N–H and O–H groups in total. The summed E-state index contributed by atoms with van der Waals surface area (Å²) in [6, 6.07) is 5.01. The van der Waals surface area contributed by atoms with Crippen molar-refractivity contribution in [3.63, 3.8) is 0 Å². The minimum atomic E-state index is -0.228. The molecule has 2 rings (SSSR count). The van der Waals surface area contributed by atoms with Crippen LogP contribution in [0.15, 0.2) is 33.3 Å². The number of rotatable bonds is 3. The summed E-state index contributed by atoms with van der Waals surface area (Å²) in [6.07, 6.45) is 1.61. The third-order valence-electron chi connectivity index (χ3n) is 2.19. The van der Waals surface area contributed by atoms with Crippen LogP contribution in [0.1, 0.15) is 22.0 Å². The molecular weight excluding hydrogens is 320 g/mol. The van der Waals surface area contributed by atoms with Gasteiger partial charge in [-0.15, -0.1) is 0 Å². The van der Waals surface area contributed by atoms with E-state index >= 15 is 0 Å². The fourth-order valence-electron chi connectivity index (χ4n) is 1.43. The highest BCUT2D eigenvalue weighted by atomic mass is 79.9. The van der Waals surface area contributed by atoms with E-state index in [0.717, 1.165) is 4.47 Å². The van der Waals surface area contributed by atoms with E-state index in [0.29, 0.717) is 22.2 Å². The van der Waals surface area contributed by atoms with Crippen molar-refractivity contribution in [2.75, 3.05) is 0 Å². The monoisotopic (exact) mass is 328 g/mol. The van der Waals surface area contributed by atoms with Crippen molar-refractivity contribution in [1.82, 2.24) is 10.3 Å². The van der Waals surface area contributed by atoms with Crippen LogP contribution in [0.2, 0.25) is 5.02 Å². The average Bonchev–Trinajstić information content (AvgIpc) is 2.70. The molecule has 0 atom stereocenters. The first kappa shape index (κ1) is 13.1. The lowest BCUT2D eigenvalue weighted by atomic mass is 10.2. The van der Waals surface area contributed by atoms with Crippen molar-refractivity contribution < 1.29 is 9.21 Å². The number of carbonyl (C=O) groups is 1. The number of aryl methyl sites for hydroxylation is 1. The molecule has 18 heavy (non-hydrogen) atoms. The maximum Gasteiger partial charge on any atom is 0.251 e. The van der Waals surface area contributed by atoms with Crippen molar-refractivity contribution >= 4 is 33.4 Å². The number of aromatic nitrogens is 1. The van der Waals surface area contributed by atoms with Crippen LogP contribution in [0.5, 0.6) is 0 Å². The van der Waals surface area contributed by atoms with Gasteiger partial charge >= 0.3 is 0 Å². The molecule has 4 nitrogen and oxygen atoms in total. The van der Waals surface area contributed by atoms with Crippen LogP contribution in [0.25, 0.3) is 0 Å². The van der Waals surface area contributed by atoms with Crippen molar-refractivity contribution in [2.24, 2.45) is 0 Å². The molecular formula is C12H10BrClN2O2. The van der Waals surface area contributed by atoms with Gasteiger partial charge in [-0.2, -0.15) is 0 Å². The molecule has 1 amide bonds. The maximum absolute atomic E-state index is 11.9. The van der Waals surface area contributed by atoms with Gasteiger partial charge in [-0.1, -0.05) is 27.5 Å². The highest BCUT2D eigenvalue weighted by Crippen LogP contribution is 2.19. The fraction of sp³-hybridized carbons (Fsp3) is 0.167. The summed E-state index contributed by atoms with van der Waals surface area (Å²) in [5.74, 6) is 0.959. The lowest BCUT2D eigenvalue weighted by Gasteiger charge is -2.04. The third kappa shape index (κ3) is 3.34. The minimum absolute atomic E-state index is 0.228. The molecule has 0 bridgehead atoms. The third-order valence-corrected chi connectivity index (χ3v) is 2.87. The van der Waals surface area contributed by atoms with Gasteiger partial charge in [-0.05, 0) is 25.1 Å². The number of oxazole rings is 1. The number of nitrogens with one attached hydrogen (secondary N) is 1. The van der Waals surface area contributed by atoms with Gasteiger partial charge in [0, 0.05) is 15.1 Å². The number of carbonyl (C=O) groups excluding carboxylic acids is 1. The molecule has 0 unspecified atom stereocenters. The van der Waals surface area contributed by atoms with Crippen molar-refractivity contribution in [3.8, 4) is 0 Å². The van der Waals surface area contributed by atoms with Crippen LogP contribution in [-0.2, 0) is 6.54 Å². The van der Waals surface area contributed by atoms with Crippen LogP contribution >= 0.6 is 27.5 Å². The van der Waals surface area contributed by atoms with Gasteiger partial charge < -0.3 is 9.73 Å². The van der Waals surface area contributed by atoms with Crippen LogP contribution in [-0.4, -0.2) is 10.9 Å². The van der Waals surface area contributed by atoms with E-state index in [-0.39, 0.29) is 12.5 Å². The summed E-state index contributed by atoms with van der Waals surface area (Å²) >= 11 is 9.16. The van der Waals surface area contributed by atoms with Crippen molar-refractivity contribution in [2.45, 2.75) is 13.5 Å². The van der Waals surface area contributed by atoms with Crippen molar-refractivity contribution in [3.05, 3.63) is 51.1 Å². The zero-order chi connectivity index (χ0) is 13.1. The highest BCUT2D eigenvalue weighted by molar-refractivity contribution is 9.10. The summed E-state index contributed by atoms with van der Waals surface area (Å²) in [5, 5.41) is 3.21. The Kier molecular flexibility index (Phi) is 4.04. The molecule has 1 aromatic carbocycles. The standard InChI is InChI=1S/C12H10BrClN2O2/c1-7-5-15-11(18-7)6-16-12(17)8-2-9(13)4-10(14)3-8/h2-5H,6H2,1H3,(H,16,17). The van der Waals surface area contributed by atoms with Crippen LogP contribution in [0.3, 0.4) is 0 Å². The molecule has 6 heteroatoms.